The van der Waals surface area contributed by atoms with Gasteiger partial charge in [-0.1, -0.05) is 62.2 Å². The summed E-state index contributed by atoms with van der Waals surface area (Å²) in [5.41, 5.74) is 4.76. The fourth-order valence-corrected chi connectivity index (χ4v) is 7.04. The Morgan fingerprint density at radius 1 is 1.18 bits per heavy atom. The molecule has 4 rings (SSSR count). The minimum atomic E-state index is -0.502. The molecule has 40 heavy (non-hydrogen) atoms. The van der Waals surface area contributed by atoms with E-state index in [1.54, 1.807) is 0 Å². The predicted octanol–water partition coefficient (Wildman–Crippen LogP) is 7.21. The fraction of sp³-hybridized carbons (Fsp3) is 0.400. The molecule has 1 aliphatic rings. The summed E-state index contributed by atoms with van der Waals surface area (Å²) in [5.74, 6) is 0.873. The molecule has 1 aromatic heterocycles. The number of aliphatic hydroxyl groups excluding tert-OH is 1. The van der Waals surface area contributed by atoms with Crippen molar-refractivity contribution >= 4 is 57.2 Å². The third-order valence-electron chi connectivity index (χ3n) is 6.12. The number of nitrogens with zero attached hydrogens (tertiary/aromatic N) is 1. The highest BCUT2D eigenvalue weighted by Crippen LogP contribution is 2.45. The summed E-state index contributed by atoms with van der Waals surface area (Å²) < 4.78 is 13.3. The number of hydrogen-bond donors (Lipinski definition) is 2. The Labute approximate surface area is 254 Å². The first kappa shape index (κ1) is 33.8. The number of aliphatic hydroxyl groups is 1. The molecule has 0 unspecified atom stereocenters. The summed E-state index contributed by atoms with van der Waals surface area (Å²) in [6, 6.07) is 17.2. The molecular weight excluding hydrogens is 612 g/mol. The Morgan fingerprint density at radius 3 is 2.52 bits per heavy atom. The Morgan fingerprint density at radius 2 is 1.88 bits per heavy atom. The number of benzene rings is 2. The molecular formula is C30H39BrN2O5S2. The summed E-state index contributed by atoms with van der Waals surface area (Å²) >= 11 is 6.81. The number of carbonyl (C=O) groups excluding carboxylic acids is 2. The number of esters is 1. The molecule has 218 valence electrons. The molecule has 10 heteroatoms. The van der Waals surface area contributed by atoms with Crippen LogP contribution in [0.5, 0.6) is 5.75 Å². The fourth-order valence-electron chi connectivity index (χ4n) is 4.05. The average Bonchev–Trinajstić information content (AvgIpc) is 3.33. The van der Waals surface area contributed by atoms with Gasteiger partial charge in [-0.05, 0) is 64.5 Å². The lowest BCUT2D eigenvalue weighted by molar-refractivity contribution is -0.142. The number of carbonyl (C=O) groups is 2. The third-order valence-corrected chi connectivity index (χ3v) is 9.45. The SMILES string of the molecule is CC.CO.COC(=O)COc1c(C=O)sc(-c2cccc(NC3CCN(SCc4ccccc4C)CC3)c2)c1Br. The van der Waals surface area contributed by atoms with Gasteiger partial charge in [0.25, 0.3) is 0 Å². The van der Waals surface area contributed by atoms with Crippen LogP contribution in [-0.4, -0.2) is 61.6 Å². The van der Waals surface area contributed by atoms with Gasteiger partial charge < -0.3 is 19.9 Å². The van der Waals surface area contributed by atoms with Crippen LogP contribution in [0.2, 0.25) is 0 Å². The highest BCUT2D eigenvalue weighted by Gasteiger charge is 2.22. The number of methoxy groups -OCH3 is 1. The van der Waals surface area contributed by atoms with Crippen molar-refractivity contribution in [1.82, 2.24) is 4.31 Å². The minimum Gasteiger partial charge on any atom is -0.479 e. The molecule has 1 saturated heterocycles. The molecule has 3 aromatic rings. The van der Waals surface area contributed by atoms with Gasteiger partial charge in [-0.25, -0.2) is 4.79 Å². The monoisotopic (exact) mass is 650 g/mol. The van der Waals surface area contributed by atoms with E-state index < -0.39 is 5.97 Å². The number of nitrogens with one attached hydrogen (secondary N) is 1. The zero-order valence-electron chi connectivity index (χ0n) is 23.7. The van der Waals surface area contributed by atoms with Gasteiger partial charge in [0.1, 0.15) is 4.88 Å². The summed E-state index contributed by atoms with van der Waals surface area (Å²) in [7, 11) is 2.30. The second-order valence-electron chi connectivity index (χ2n) is 8.55. The van der Waals surface area contributed by atoms with Crippen LogP contribution in [0.3, 0.4) is 0 Å². The Bertz CT molecular complexity index is 1210. The molecule has 2 heterocycles. The summed E-state index contributed by atoms with van der Waals surface area (Å²) in [6.45, 7) is 8.02. The number of ether oxygens (including phenoxy) is 2. The smallest absolute Gasteiger partial charge is 0.343 e. The first-order valence-corrected chi connectivity index (χ1v) is 15.7. The first-order valence-electron chi connectivity index (χ1n) is 13.2. The van der Waals surface area contributed by atoms with Gasteiger partial charge in [0, 0.05) is 37.7 Å². The number of thiophene rings is 1. The van der Waals surface area contributed by atoms with E-state index in [1.807, 2.05) is 37.9 Å². The minimum absolute atomic E-state index is 0.254. The van der Waals surface area contributed by atoms with Gasteiger partial charge in [-0.2, -0.15) is 0 Å². The van der Waals surface area contributed by atoms with E-state index in [-0.39, 0.29) is 6.61 Å². The average molecular weight is 652 g/mol. The Kier molecular flexibility index (Phi) is 15.3. The van der Waals surface area contributed by atoms with Gasteiger partial charge >= 0.3 is 5.97 Å². The van der Waals surface area contributed by atoms with Crippen LogP contribution >= 0.6 is 39.2 Å². The van der Waals surface area contributed by atoms with Crippen molar-refractivity contribution in [3.63, 3.8) is 0 Å². The molecule has 0 bridgehead atoms. The van der Waals surface area contributed by atoms with Gasteiger partial charge in [0.05, 0.1) is 16.5 Å². The molecule has 0 atom stereocenters. The highest BCUT2D eigenvalue weighted by molar-refractivity contribution is 9.10. The normalized spacial score (nSPS) is 13.3. The van der Waals surface area contributed by atoms with Crippen LogP contribution in [0.4, 0.5) is 5.69 Å². The molecule has 0 aliphatic carbocycles. The van der Waals surface area contributed by atoms with E-state index in [2.05, 4.69) is 73.6 Å². The maximum atomic E-state index is 11.6. The Balaban J connectivity index is 0.00000134. The zero-order chi connectivity index (χ0) is 29.5. The van der Waals surface area contributed by atoms with Crippen LogP contribution in [0.15, 0.2) is 53.0 Å². The van der Waals surface area contributed by atoms with E-state index in [0.717, 1.165) is 61.2 Å². The molecule has 1 fully saturated rings. The van der Waals surface area contributed by atoms with E-state index in [0.29, 0.717) is 21.1 Å². The highest BCUT2D eigenvalue weighted by atomic mass is 79.9. The second-order valence-corrected chi connectivity index (χ2v) is 11.5. The molecule has 7 nitrogen and oxygen atoms in total. The molecule has 1 aliphatic heterocycles. The van der Waals surface area contributed by atoms with Crippen LogP contribution in [0.25, 0.3) is 10.4 Å². The van der Waals surface area contributed by atoms with E-state index >= 15 is 0 Å². The lowest BCUT2D eigenvalue weighted by Gasteiger charge is -2.32. The number of piperidine rings is 1. The lowest BCUT2D eigenvalue weighted by atomic mass is 10.1. The van der Waals surface area contributed by atoms with Crippen LogP contribution in [0.1, 0.15) is 47.5 Å². The van der Waals surface area contributed by atoms with Crippen molar-refractivity contribution in [3.05, 3.63) is 69.0 Å². The third kappa shape index (κ3) is 9.62. The number of hydrogen-bond acceptors (Lipinski definition) is 9. The molecule has 0 saturated carbocycles. The van der Waals surface area contributed by atoms with Crippen LogP contribution in [-0.2, 0) is 15.3 Å². The molecule has 0 radical (unpaired) electrons. The van der Waals surface area contributed by atoms with Crippen molar-refractivity contribution in [2.45, 2.75) is 45.4 Å². The van der Waals surface area contributed by atoms with Gasteiger partial charge in [-0.3, -0.25) is 9.10 Å². The molecule has 0 amide bonds. The standard InChI is InChI=1S/C27H29BrN2O4S2.C2H6.CH4O/c1-18-6-3-4-7-20(18)17-35-30-12-10-21(11-13-30)29-22-9-5-8-19(14-22)27-25(28)26(23(15-31)36-27)34-16-24(32)33-2;2*1-2/h3-9,14-15,21,29H,10-13,16-17H2,1-2H3;1-2H3;2H,1H3. The number of aryl methyl sites for hydroxylation is 1. The van der Waals surface area contributed by atoms with Gasteiger partial charge in [0.2, 0.25) is 0 Å². The topological polar surface area (TPSA) is 88.1 Å². The Hall–Kier alpha value is -2.37. The lowest BCUT2D eigenvalue weighted by Crippen LogP contribution is -2.35. The van der Waals surface area contributed by atoms with Crippen LogP contribution in [0, 0.1) is 6.92 Å². The number of rotatable bonds is 10. The number of anilines is 1. The van der Waals surface area contributed by atoms with Crippen molar-refractivity contribution in [3.8, 4) is 16.2 Å². The van der Waals surface area contributed by atoms with E-state index in [4.69, 9.17) is 9.84 Å². The van der Waals surface area contributed by atoms with Gasteiger partial charge in [-0.15, -0.1) is 11.3 Å². The largest absolute Gasteiger partial charge is 0.479 e. The quantitative estimate of drug-likeness (QED) is 0.135. The van der Waals surface area contributed by atoms with Gasteiger partial charge in [0.15, 0.2) is 18.6 Å². The van der Waals surface area contributed by atoms with E-state index in [9.17, 15) is 9.59 Å². The molecule has 2 aromatic carbocycles. The number of aldehydes is 1. The van der Waals surface area contributed by atoms with Crippen molar-refractivity contribution in [2.24, 2.45) is 0 Å². The second kappa shape index (κ2) is 18.1. The molecule has 0 spiro atoms. The number of halogens is 1. The van der Waals surface area contributed by atoms with Crippen molar-refractivity contribution < 1.29 is 24.2 Å². The predicted molar refractivity (Wildman–Crippen MR) is 171 cm³/mol. The van der Waals surface area contributed by atoms with Crippen molar-refractivity contribution in [1.29, 1.82) is 0 Å². The molecule has 2 N–H and O–H groups in total. The summed E-state index contributed by atoms with van der Waals surface area (Å²) in [4.78, 5) is 24.4. The van der Waals surface area contributed by atoms with E-state index in [1.165, 1.54) is 29.6 Å². The maximum Gasteiger partial charge on any atom is 0.343 e. The maximum absolute atomic E-state index is 11.6. The van der Waals surface area contributed by atoms with Crippen molar-refractivity contribution in [2.75, 3.05) is 39.2 Å². The first-order chi connectivity index (χ1) is 19.5. The van der Waals surface area contributed by atoms with Crippen LogP contribution < -0.4 is 10.1 Å². The zero-order valence-corrected chi connectivity index (χ0v) is 27.0. The summed E-state index contributed by atoms with van der Waals surface area (Å²) in [5, 5.41) is 10.7. The summed E-state index contributed by atoms with van der Waals surface area (Å²) in [6.07, 6.45) is 2.90.